The van der Waals surface area contributed by atoms with Crippen LogP contribution >= 0.6 is 11.6 Å². The highest BCUT2D eigenvalue weighted by atomic mass is 35.5. The van der Waals surface area contributed by atoms with E-state index in [4.69, 9.17) is 22.1 Å². The number of nitrogens with two attached hydrogens (primary N) is 1. The number of rotatable bonds is 3. The van der Waals surface area contributed by atoms with Crippen molar-refractivity contribution >= 4 is 17.5 Å². The number of benzene rings is 1. The number of nitrogens with one attached hydrogen (secondary N) is 1. The Morgan fingerprint density at radius 3 is 3.00 bits per heavy atom. The molecule has 104 valence electrons. The number of carbonyl (C=O) groups excluding carboxylic acids is 1. The zero-order valence-electron chi connectivity index (χ0n) is 11.0. The third kappa shape index (κ3) is 3.61. The minimum atomic E-state index is -0.443. The molecule has 0 saturated carbocycles. The molecule has 5 heteroatoms. The predicted octanol–water partition coefficient (Wildman–Crippen LogP) is 2.41. The van der Waals surface area contributed by atoms with Crippen molar-refractivity contribution < 1.29 is 9.53 Å². The van der Waals surface area contributed by atoms with Crippen molar-refractivity contribution in [2.24, 2.45) is 5.73 Å². The Labute approximate surface area is 118 Å². The lowest BCUT2D eigenvalue weighted by Crippen LogP contribution is -2.36. The summed E-state index contributed by atoms with van der Waals surface area (Å²) in [6.45, 7) is 2.59. The highest BCUT2D eigenvalue weighted by Crippen LogP contribution is 2.29. The Bertz CT molecular complexity index is 463. The monoisotopic (exact) mass is 282 g/mol. The van der Waals surface area contributed by atoms with Crippen molar-refractivity contribution in [2.45, 2.75) is 38.3 Å². The highest BCUT2D eigenvalue weighted by molar-refractivity contribution is 6.30. The molecule has 1 heterocycles. The SMILES string of the molecule is C[C@@H](N)c1cc(Cl)ccc1OC1CCCCNC1=O. The topological polar surface area (TPSA) is 64.3 Å². The molecule has 19 heavy (non-hydrogen) atoms. The van der Waals surface area contributed by atoms with Crippen LogP contribution in [0.25, 0.3) is 0 Å². The summed E-state index contributed by atoms with van der Waals surface area (Å²) in [6, 6.07) is 5.12. The first-order valence-corrected chi connectivity index (χ1v) is 6.95. The number of ether oxygens (including phenoxy) is 1. The number of halogens is 1. The van der Waals surface area contributed by atoms with Gasteiger partial charge in [-0.15, -0.1) is 0 Å². The lowest BCUT2D eigenvalue weighted by atomic mass is 10.1. The summed E-state index contributed by atoms with van der Waals surface area (Å²) in [6.07, 6.45) is 2.25. The molecule has 1 aromatic rings. The van der Waals surface area contributed by atoms with Gasteiger partial charge in [0.05, 0.1) is 0 Å². The van der Waals surface area contributed by atoms with Gasteiger partial charge in [-0.05, 0) is 44.4 Å². The lowest BCUT2D eigenvalue weighted by Gasteiger charge is -2.20. The van der Waals surface area contributed by atoms with Gasteiger partial charge in [0, 0.05) is 23.2 Å². The number of hydrogen-bond donors (Lipinski definition) is 2. The van der Waals surface area contributed by atoms with Crippen molar-refractivity contribution in [1.82, 2.24) is 5.32 Å². The second-order valence-corrected chi connectivity index (χ2v) is 5.30. The summed E-state index contributed by atoms with van der Waals surface area (Å²) in [5.74, 6) is 0.588. The Hall–Kier alpha value is -1.26. The summed E-state index contributed by atoms with van der Waals surface area (Å²) in [5.41, 5.74) is 6.74. The number of carbonyl (C=O) groups is 1. The minimum Gasteiger partial charge on any atom is -0.480 e. The first kappa shape index (κ1) is 14.2. The molecule has 1 aliphatic heterocycles. The molecule has 4 nitrogen and oxygen atoms in total. The third-order valence-electron chi connectivity index (χ3n) is 3.22. The molecule has 2 atom stereocenters. The van der Waals surface area contributed by atoms with Crippen LogP contribution in [0.3, 0.4) is 0 Å². The zero-order valence-corrected chi connectivity index (χ0v) is 11.7. The molecule has 1 amide bonds. The van der Waals surface area contributed by atoms with Crippen LogP contribution in [-0.4, -0.2) is 18.6 Å². The third-order valence-corrected chi connectivity index (χ3v) is 3.45. The van der Waals surface area contributed by atoms with Crippen LogP contribution in [0.15, 0.2) is 18.2 Å². The molecule has 0 spiro atoms. The van der Waals surface area contributed by atoms with E-state index in [2.05, 4.69) is 5.32 Å². The lowest BCUT2D eigenvalue weighted by molar-refractivity contribution is -0.127. The number of hydrogen-bond acceptors (Lipinski definition) is 3. The van der Waals surface area contributed by atoms with E-state index in [0.717, 1.165) is 31.4 Å². The minimum absolute atomic E-state index is 0.0527. The normalized spacial score (nSPS) is 21.4. The molecule has 0 bridgehead atoms. The maximum absolute atomic E-state index is 11.9. The molecule has 3 N–H and O–H groups in total. The van der Waals surface area contributed by atoms with Gasteiger partial charge in [0.15, 0.2) is 6.10 Å². The summed E-state index contributed by atoms with van der Waals surface area (Å²) in [5, 5.41) is 3.47. The highest BCUT2D eigenvalue weighted by Gasteiger charge is 2.23. The molecule has 0 radical (unpaired) electrons. The van der Waals surface area contributed by atoms with Gasteiger partial charge < -0.3 is 15.8 Å². The second-order valence-electron chi connectivity index (χ2n) is 4.86. The fourth-order valence-electron chi connectivity index (χ4n) is 2.16. The average molecular weight is 283 g/mol. The van der Waals surface area contributed by atoms with Gasteiger partial charge in [-0.2, -0.15) is 0 Å². The maximum Gasteiger partial charge on any atom is 0.261 e. The molecule has 1 fully saturated rings. The van der Waals surface area contributed by atoms with Crippen LogP contribution in [0.2, 0.25) is 5.02 Å². The van der Waals surface area contributed by atoms with E-state index in [1.54, 1.807) is 18.2 Å². The standard InChI is InChI=1S/C14H19ClN2O2/c1-9(16)11-8-10(15)5-6-12(11)19-13-4-2-3-7-17-14(13)18/h5-6,8-9,13H,2-4,7,16H2,1H3,(H,17,18)/t9-,13?/m1/s1. The zero-order chi connectivity index (χ0) is 13.8. The van der Waals surface area contributed by atoms with Crippen molar-refractivity contribution in [3.05, 3.63) is 28.8 Å². The van der Waals surface area contributed by atoms with Crippen LogP contribution in [-0.2, 0) is 4.79 Å². The van der Waals surface area contributed by atoms with E-state index in [0.29, 0.717) is 10.8 Å². The van der Waals surface area contributed by atoms with Gasteiger partial charge >= 0.3 is 0 Å². The second kappa shape index (κ2) is 6.26. The van der Waals surface area contributed by atoms with E-state index in [-0.39, 0.29) is 11.9 Å². The van der Waals surface area contributed by atoms with Crippen LogP contribution < -0.4 is 15.8 Å². The predicted molar refractivity (Wildman–Crippen MR) is 75.3 cm³/mol. The molecule has 0 aliphatic carbocycles. The van der Waals surface area contributed by atoms with E-state index in [9.17, 15) is 4.79 Å². The van der Waals surface area contributed by atoms with Gasteiger partial charge in [-0.3, -0.25) is 4.79 Å². The molecule has 1 saturated heterocycles. The molecule has 2 rings (SSSR count). The Balaban J connectivity index is 2.19. The van der Waals surface area contributed by atoms with E-state index >= 15 is 0 Å². The molecular formula is C14H19ClN2O2. The molecule has 1 aliphatic rings. The largest absolute Gasteiger partial charge is 0.480 e. The van der Waals surface area contributed by atoms with Gasteiger partial charge in [0.25, 0.3) is 5.91 Å². The van der Waals surface area contributed by atoms with Gasteiger partial charge in [0.2, 0.25) is 0 Å². The van der Waals surface area contributed by atoms with Crippen LogP contribution in [0, 0.1) is 0 Å². The Morgan fingerprint density at radius 2 is 2.26 bits per heavy atom. The van der Waals surface area contributed by atoms with Gasteiger partial charge in [-0.25, -0.2) is 0 Å². The molecule has 1 aromatic carbocycles. The summed E-state index contributed by atoms with van der Waals surface area (Å²) < 4.78 is 5.84. The fraction of sp³-hybridized carbons (Fsp3) is 0.500. The smallest absolute Gasteiger partial charge is 0.261 e. The Morgan fingerprint density at radius 1 is 1.47 bits per heavy atom. The first-order valence-electron chi connectivity index (χ1n) is 6.57. The average Bonchev–Trinajstić information content (AvgIpc) is 2.57. The number of amides is 1. The molecular weight excluding hydrogens is 264 g/mol. The van der Waals surface area contributed by atoms with E-state index < -0.39 is 6.10 Å². The van der Waals surface area contributed by atoms with Gasteiger partial charge in [0.1, 0.15) is 5.75 Å². The Kier molecular flexibility index (Phi) is 4.66. The van der Waals surface area contributed by atoms with Crippen LogP contribution in [0.4, 0.5) is 0 Å². The van der Waals surface area contributed by atoms with Gasteiger partial charge in [-0.1, -0.05) is 11.6 Å². The van der Waals surface area contributed by atoms with Crippen molar-refractivity contribution in [2.75, 3.05) is 6.54 Å². The molecule has 0 aromatic heterocycles. The molecule has 1 unspecified atom stereocenters. The van der Waals surface area contributed by atoms with Crippen LogP contribution in [0.1, 0.15) is 37.8 Å². The van der Waals surface area contributed by atoms with Crippen LogP contribution in [0.5, 0.6) is 5.75 Å². The van der Waals surface area contributed by atoms with Crippen molar-refractivity contribution in [1.29, 1.82) is 0 Å². The summed E-state index contributed by atoms with van der Waals surface area (Å²) >= 11 is 5.97. The first-order chi connectivity index (χ1) is 9.08. The maximum atomic E-state index is 11.9. The van der Waals surface area contributed by atoms with Crippen molar-refractivity contribution in [3.8, 4) is 5.75 Å². The van der Waals surface area contributed by atoms with E-state index in [1.165, 1.54) is 0 Å². The van der Waals surface area contributed by atoms with Crippen molar-refractivity contribution in [3.63, 3.8) is 0 Å². The quantitative estimate of drug-likeness (QED) is 0.895. The summed E-state index contributed by atoms with van der Waals surface area (Å²) in [4.78, 5) is 11.9. The summed E-state index contributed by atoms with van der Waals surface area (Å²) in [7, 11) is 0. The van der Waals surface area contributed by atoms with E-state index in [1.807, 2.05) is 6.92 Å². The fourth-order valence-corrected chi connectivity index (χ4v) is 2.34.